The summed E-state index contributed by atoms with van der Waals surface area (Å²) in [5.74, 6) is 2.20. The minimum Gasteiger partial charge on any atom is -0.468 e. The number of thioether (sulfide) groups is 1. The number of rotatable bonds is 8. The number of benzene rings is 1. The van der Waals surface area contributed by atoms with Crippen LogP contribution in [-0.2, 0) is 17.0 Å². The highest BCUT2D eigenvalue weighted by molar-refractivity contribution is 7.99. The van der Waals surface area contributed by atoms with Crippen LogP contribution in [0.15, 0.2) is 53.1 Å². The summed E-state index contributed by atoms with van der Waals surface area (Å²) in [5, 5.41) is 3.04. The van der Waals surface area contributed by atoms with Crippen molar-refractivity contribution in [2.45, 2.75) is 31.6 Å². The van der Waals surface area contributed by atoms with Crippen molar-refractivity contribution in [1.82, 2.24) is 5.32 Å². The van der Waals surface area contributed by atoms with Gasteiger partial charge in [-0.1, -0.05) is 30.3 Å². The lowest BCUT2D eigenvalue weighted by molar-refractivity contribution is -0.119. The maximum Gasteiger partial charge on any atom is 0.230 e. The monoisotopic (exact) mass is 303 g/mol. The number of amides is 1. The number of furan rings is 1. The standard InChI is InChI=1S/C17H21NO2S/c1-14(9-10-15-6-3-2-4-7-15)18-17(19)13-21-12-16-8-5-11-20-16/h2-8,11,14H,9-10,12-13H2,1H3,(H,18,19)/t14-/m1/s1. The molecule has 0 aliphatic carbocycles. The third kappa shape index (κ3) is 6.08. The van der Waals surface area contributed by atoms with Crippen molar-refractivity contribution < 1.29 is 9.21 Å². The highest BCUT2D eigenvalue weighted by Gasteiger charge is 2.08. The van der Waals surface area contributed by atoms with Gasteiger partial charge >= 0.3 is 0 Å². The number of nitrogens with one attached hydrogen (secondary N) is 1. The Kier molecular flexibility index (Phi) is 6.41. The predicted octanol–water partition coefficient (Wildman–Crippen LogP) is 3.65. The Morgan fingerprint density at radius 1 is 1.24 bits per heavy atom. The molecule has 21 heavy (non-hydrogen) atoms. The number of aryl methyl sites for hydroxylation is 1. The fourth-order valence-corrected chi connectivity index (χ4v) is 2.79. The van der Waals surface area contributed by atoms with E-state index in [1.165, 1.54) is 5.56 Å². The van der Waals surface area contributed by atoms with Crippen LogP contribution in [0.5, 0.6) is 0 Å². The first-order chi connectivity index (χ1) is 10.2. The van der Waals surface area contributed by atoms with Crippen LogP contribution in [0.25, 0.3) is 0 Å². The number of hydrogen-bond acceptors (Lipinski definition) is 3. The summed E-state index contributed by atoms with van der Waals surface area (Å²) in [6, 6.07) is 14.3. The van der Waals surface area contributed by atoms with E-state index in [-0.39, 0.29) is 11.9 Å². The van der Waals surface area contributed by atoms with E-state index in [9.17, 15) is 4.79 Å². The van der Waals surface area contributed by atoms with Gasteiger partial charge in [-0.25, -0.2) is 0 Å². The molecule has 0 aliphatic rings. The van der Waals surface area contributed by atoms with Crippen molar-refractivity contribution in [3.05, 3.63) is 60.1 Å². The molecule has 4 heteroatoms. The molecule has 0 radical (unpaired) electrons. The second-order valence-corrected chi connectivity index (χ2v) is 6.05. The van der Waals surface area contributed by atoms with E-state index < -0.39 is 0 Å². The normalized spacial score (nSPS) is 12.0. The molecule has 0 saturated carbocycles. The lowest BCUT2D eigenvalue weighted by Crippen LogP contribution is -2.34. The zero-order valence-electron chi connectivity index (χ0n) is 12.2. The van der Waals surface area contributed by atoms with Crippen molar-refractivity contribution in [3.63, 3.8) is 0 Å². The first-order valence-corrected chi connectivity index (χ1v) is 8.33. The summed E-state index contributed by atoms with van der Waals surface area (Å²) in [7, 11) is 0. The van der Waals surface area contributed by atoms with Crippen LogP contribution in [0.4, 0.5) is 0 Å². The summed E-state index contributed by atoms with van der Waals surface area (Å²) in [6.07, 6.45) is 3.60. The average Bonchev–Trinajstić information content (AvgIpc) is 2.99. The Morgan fingerprint density at radius 3 is 2.76 bits per heavy atom. The summed E-state index contributed by atoms with van der Waals surface area (Å²) in [6.45, 7) is 2.05. The Hall–Kier alpha value is -1.68. The molecule has 0 fully saturated rings. The Labute approximate surface area is 130 Å². The van der Waals surface area contributed by atoms with Crippen LogP contribution in [0, 0.1) is 0 Å². The molecule has 0 unspecified atom stereocenters. The van der Waals surface area contributed by atoms with E-state index in [1.54, 1.807) is 18.0 Å². The molecule has 112 valence electrons. The van der Waals surface area contributed by atoms with Gasteiger partial charge in [0.05, 0.1) is 17.8 Å². The first kappa shape index (κ1) is 15.7. The molecule has 0 saturated heterocycles. The van der Waals surface area contributed by atoms with Crippen molar-refractivity contribution in [2.24, 2.45) is 0 Å². The highest BCUT2D eigenvalue weighted by Crippen LogP contribution is 2.12. The van der Waals surface area contributed by atoms with Gasteiger partial charge in [0.15, 0.2) is 0 Å². The Bertz CT molecular complexity index is 525. The van der Waals surface area contributed by atoms with Gasteiger partial charge in [0.2, 0.25) is 5.91 Å². The minimum atomic E-state index is 0.0899. The van der Waals surface area contributed by atoms with E-state index in [4.69, 9.17) is 4.42 Å². The molecular weight excluding hydrogens is 282 g/mol. The molecule has 2 rings (SSSR count). The van der Waals surface area contributed by atoms with Crippen molar-refractivity contribution in [3.8, 4) is 0 Å². The van der Waals surface area contributed by atoms with Crippen molar-refractivity contribution in [1.29, 1.82) is 0 Å². The predicted molar refractivity (Wildman–Crippen MR) is 87.2 cm³/mol. The third-order valence-corrected chi connectivity index (χ3v) is 4.13. The quantitative estimate of drug-likeness (QED) is 0.809. The molecule has 1 atom stereocenters. The van der Waals surface area contributed by atoms with Crippen molar-refractivity contribution in [2.75, 3.05) is 5.75 Å². The molecule has 0 bridgehead atoms. The Balaban J connectivity index is 1.60. The van der Waals surface area contributed by atoms with Crippen molar-refractivity contribution >= 4 is 17.7 Å². The summed E-state index contributed by atoms with van der Waals surface area (Å²) in [5.41, 5.74) is 1.31. The van der Waals surface area contributed by atoms with E-state index >= 15 is 0 Å². The van der Waals surface area contributed by atoms with Gasteiger partial charge in [-0.2, -0.15) is 0 Å². The van der Waals surface area contributed by atoms with Crippen LogP contribution >= 0.6 is 11.8 Å². The number of carbonyl (C=O) groups is 1. The second-order valence-electron chi connectivity index (χ2n) is 5.06. The molecule has 3 nitrogen and oxygen atoms in total. The minimum absolute atomic E-state index is 0.0899. The smallest absolute Gasteiger partial charge is 0.230 e. The summed E-state index contributed by atoms with van der Waals surface area (Å²) < 4.78 is 5.23. The Morgan fingerprint density at radius 2 is 2.05 bits per heavy atom. The third-order valence-electron chi connectivity index (χ3n) is 3.17. The number of hydrogen-bond donors (Lipinski definition) is 1. The van der Waals surface area contributed by atoms with Gasteiger partial charge in [0.1, 0.15) is 5.76 Å². The van der Waals surface area contributed by atoms with Crippen LogP contribution in [0.3, 0.4) is 0 Å². The van der Waals surface area contributed by atoms with Gasteiger partial charge in [-0.3, -0.25) is 4.79 Å². The summed E-state index contributed by atoms with van der Waals surface area (Å²) >= 11 is 1.57. The molecule has 0 aliphatic heterocycles. The SMILES string of the molecule is C[C@H](CCc1ccccc1)NC(=O)CSCc1ccco1. The largest absolute Gasteiger partial charge is 0.468 e. The maximum absolute atomic E-state index is 11.8. The number of carbonyl (C=O) groups excluding carboxylic acids is 1. The molecular formula is C17H21NO2S. The van der Waals surface area contributed by atoms with Gasteiger partial charge in [-0.15, -0.1) is 11.8 Å². The molecule has 0 spiro atoms. The molecule has 1 aromatic heterocycles. The fourth-order valence-electron chi connectivity index (χ4n) is 2.06. The van der Waals surface area contributed by atoms with Crippen LogP contribution in [0.2, 0.25) is 0 Å². The zero-order valence-corrected chi connectivity index (χ0v) is 13.1. The molecule has 2 aromatic rings. The van der Waals surface area contributed by atoms with Gasteiger partial charge in [-0.05, 0) is 37.5 Å². The van der Waals surface area contributed by atoms with E-state index in [2.05, 4.69) is 24.4 Å². The lowest BCUT2D eigenvalue weighted by Gasteiger charge is -2.13. The molecule has 1 heterocycles. The second kappa shape index (κ2) is 8.57. The van der Waals surface area contributed by atoms with Crippen LogP contribution in [0.1, 0.15) is 24.7 Å². The van der Waals surface area contributed by atoms with Crippen LogP contribution in [-0.4, -0.2) is 17.7 Å². The molecule has 1 aromatic carbocycles. The van der Waals surface area contributed by atoms with E-state index in [1.807, 2.05) is 30.3 Å². The summed E-state index contributed by atoms with van der Waals surface area (Å²) in [4.78, 5) is 11.8. The maximum atomic E-state index is 11.8. The van der Waals surface area contributed by atoms with Crippen LogP contribution < -0.4 is 5.32 Å². The van der Waals surface area contributed by atoms with Gasteiger partial charge < -0.3 is 9.73 Å². The molecule has 1 N–H and O–H groups in total. The highest BCUT2D eigenvalue weighted by atomic mass is 32.2. The van der Waals surface area contributed by atoms with E-state index in [0.29, 0.717) is 5.75 Å². The first-order valence-electron chi connectivity index (χ1n) is 7.17. The van der Waals surface area contributed by atoms with Gasteiger partial charge in [0, 0.05) is 6.04 Å². The average molecular weight is 303 g/mol. The van der Waals surface area contributed by atoms with Gasteiger partial charge in [0.25, 0.3) is 0 Å². The molecule has 1 amide bonds. The lowest BCUT2D eigenvalue weighted by atomic mass is 10.1. The zero-order chi connectivity index (χ0) is 14.9. The van der Waals surface area contributed by atoms with E-state index in [0.717, 1.165) is 24.4 Å². The fraction of sp³-hybridized carbons (Fsp3) is 0.353. The topological polar surface area (TPSA) is 42.2 Å².